The Hall–Kier alpha value is -1.40. The quantitative estimate of drug-likeness (QED) is 0.502. The van der Waals surface area contributed by atoms with Crippen LogP contribution in [0.25, 0.3) is 0 Å². The van der Waals surface area contributed by atoms with Gasteiger partial charge in [0.15, 0.2) is 0 Å². The van der Waals surface area contributed by atoms with Crippen LogP contribution in [0, 0.1) is 0 Å². The molecule has 6 nitrogen and oxygen atoms in total. The Bertz CT molecular complexity index is 414. The summed E-state index contributed by atoms with van der Waals surface area (Å²) in [6.45, 7) is 1.20. The van der Waals surface area contributed by atoms with Crippen molar-refractivity contribution in [2.75, 3.05) is 26.3 Å². The largest absolute Gasteiger partial charge is 0.386 e. The fourth-order valence-electron chi connectivity index (χ4n) is 2.61. The van der Waals surface area contributed by atoms with Crippen molar-refractivity contribution < 1.29 is 19.4 Å². The summed E-state index contributed by atoms with van der Waals surface area (Å²) in [5.41, 5.74) is 0.322. The molecule has 1 atom stereocenters. The van der Waals surface area contributed by atoms with Gasteiger partial charge in [0.1, 0.15) is 5.60 Å². The molecular formula is C15H24N2O4. The first-order valence-electron chi connectivity index (χ1n) is 7.63. The van der Waals surface area contributed by atoms with E-state index in [9.17, 15) is 14.7 Å². The van der Waals surface area contributed by atoms with Gasteiger partial charge < -0.3 is 20.5 Å². The zero-order chi connectivity index (χ0) is 15.1. The molecule has 21 heavy (non-hydrogen) atoms. The van der Waals surface area contributed by atoms with Crippen LogP contribution in [0.2, 0.25) is 0 Å². The number of hydrogen-bond donors (Lipinski definition) is 3. The molecule has 2 aliphatic rings. The monoisotopic (exact) mass is 296 g/mol. The van der Waals surface area contributed by atoms with Gasteiger partial charge in [0.05, 0.1) is 6.61 Å². The Balaban J connectivity index is 1.63. The predicted octanol–water partition coefficient (Wildman–Crippen LogP) is 0.261. The lowest BCUT2D eigenvalue weighted by molar-refractivity contribution is -0.139. The minimum atomic E-state index is -1.04. The van der Waals surface area contributed by atoms with E-state index in [4.69, 9.17) is 4.74 Å². The van der Waals surface area contributed by atoms with Crippen LogP contribution in [0.1, 0.15) is 38.5 Å². The average Bonchev–Trinajstić information content (AvgIpc) is 2.93. The lowest BCUT2D eigenvalue weighted by Crippen LogP contribution is -2.48. The van der Waals surface area contributed by atoms with Crippen LogP contribution in [0.5, 0.6) is 0 Å². The average molecular weight is 296 g/mol. The van der Waals surface area contributed by atoms with E-state index in [1.165, 1.54) is 18.4 Å². The lowest BCUT2D eigenvalue weighted by atomic mass is 9.97. The van der Waals surface area contributed by atoms with E-state index in [0.29, 0.717) is 19.6 Å². The van der Waals surface area contributed by atoms with Gasteiger partial charge in [-0.1, -0.05) is 11.6 Å². The fraction of sp³-hybridized carbons (Fsp3) is 0.733. The molecule has 0 saturated carbocycles. The minimum Gasteiger partial charge on any atom is -0.386 e. The maximum atomic E-state index is 11.6. The summed E-state index contributed by atoms with van der Waals surface area (Å²) in [5, 5.41) is 15.1. The normalized spacial score (nSPS) is 25.3. The maximum absolute atomic E-state index is 11.6. The Kier molecular flexibility index (Phi) is 5.76. The molecule has 0 aromatic heterocycles. The van der Waals surface area contributed by atoms with Crippen LogP contribution < -0.4 is 10.6 Å². The molecule has 0 aromatic rings. The molecule has 1 fully saturated rings. The molecule has 2 amide bonds. The molecule has 1 unspecified atom stereocenters. The highest BCUT2D eigenvalue weighted by molar-refractivity contribution is 6.35. The SMILES string of the molecule is O=C(NCCC1=CCCCC1)C(=O)NCC1(O)CCOC1. The number of rotatable bonds is 5. The van der Waals surface area contributed by atoms with Crippen molar-refractivity contribution in [1.29, 1.82) is 0 Å². The van der Waals surface area contributed by atoms with Crippen molar-refractivity contribution in [3.05, 3.63) is 11.6 Å². The van der Waals surface area contributed by atoms with E-state index in [1.54, 1.807) is 0 Å². The highest BCUT2D eigenvalue weighted by atomic mass is 16.5. The highest BCUT2D eigenvalue weighted by Gasteiger charge is 2.33. The van der Waals surface area contributed by atoms with Gasteiger partial charge in [-0.05, 0) is 32.1 Å². The Morgan fingerprint density at radius 1 is 1.29 bits per heavy atom. The van der Waals surface area contributed by atoms with E-state index in [1.807, 2.05) is 0 Å². The summed E-state index contributed by atoms with van der Waals surface area (Å²) >= 11 is 0. The van der Waals surface area contributed by atoms with Crippen LogP contribution in [-0.2, 0) is 14.3 Å². The summed E-state index contributed by atoms with van der Waals surface area (Å²) in [4.78, 5) is 23.3. The lowest BCUT2D eigenvalue weighted by Gasteiger charge is -2.20. The Labute approximate surface area is 124 Å². The Morgan fingerprint density at radius 2 is 2.10 bits per heavy atom. The molecule has 0 spiro atoms. The first-order chi connectivity index (χ1) is 10.1. The van der Waals surface area contributed by atoms with Gasteiger partial charge in [-0.3, -0.25) is 9.59 Å². The van der Waals surface area contributed by atoms with Crippen molar-refractivity contribution >= 4 is 11.8 Å². The van der Waals surface area contributed by atoms with Crippen molar-refractivity contribution in [3.8, 4) is 0 Å². The molecule has 118 valence electrons. The molecule has 1 saturated heterocycles. The number of amides is 2. The standard InChI is InChI=1S/C15H24N2O4/c18-13(16-8-6-12-4-2-1-3-5-12)14(19)17-10-15(20)7-9-21-11-15/h4,20H,1-3,5-11H2,(H,16,18)(H,17,19). The molecule has 1 aliphatic carbocycles. The second-order valence-electron chi connectivity index (χ2n) is 5.82. The molecule has 0 bridgehead atoms. The van der Waals surface area contributed by atoms with Gasteiger partial charge in [0.2, 0.25) is 0 Å². The second kappa shape index (κ2) is 7.56. The topological polar surface area (TPSA) is 87.7 Å². The molecule has 0 radical (unpaired) electrons. The molecule has 1 aliphatic heterocycles. The molecule has 2 rings (SSSR count). The third kappa shape index (κ3) is 5.13. The van der Waals surface area contributed by atoms with Crippen LogP contribution in [0.4, 0.5) is 0 Å². The highest BCUT2D eigenvalue weighted by Crippen LogP contribution is 2.19. The van der Waals surface area contributed by atoms with E-state index in [-0.39, 0.29) is 13.2 Å². The number of carbonyl (C=O) groups excluding carboxylic acids is 2. The van der Waals surface area contributed by atoms with E-state index in [0.717, 1.165) is 19.3 Å². The molecular weight excluding hydrogens is 272 g/mol. The van der Waals surface area contributed by atoms with Gasteiger partial charge in [-0.2, -0.15) is 0 Å². The first-order valence-corrected chi connectivity index (χ1v) is 7.63. The first kappa shape index (κ1) is 16.0. The molecule has 0 aromatic carbocycles. The summed E-state index contributed by atoms with van der Waals surface area (Å²) in [6, 6.07) is 0. The van der Waals surface area contributed by atoms with Gasteiger partial charge in [-0.25, -0.2) is 0 Å². The van der Waals surface area contributed by atoms with Crippen LogP contribution >= 0.6 is 0 Å². The summed E-state index contributed by atoms with van der Waals surface area (Å²) in [7, 11) is 0. The van der Waals surface area contributed by atoms with Crippen molar-refractivity contribution in [2.24, 2.45) is 0 Å². The molecule has 6 heteroatoms. The summed E-state index contributed by atoms with van der Waals surface area (Å²) in [5.74, 6) is -1.35. The number of nitrogens with one attached hydrogen (secondary N) is 2. The zero-order valence-electron chi connectivity index (χ0n) is 12.3. The van der Waals surface area contributed by atoms with Crippen LogP contribution in [0.15, 0.2) is 11.6 Å². The summed E-state index contributed by atoms with van der Waals surface area (Å²) < 4.78 is 5.08. The van der Waals surface area contributed by atoms with E-state index < -0.39 is 17.4 Å². The second-order valence-corrected chi connectivity index (χ2v) is 5.82. The number of hydrogen-bond acceptors (Lipinski definition) is 4. The number of carbonyl (C=O) groups is 2. The van der Waals surface area contributed by atoms with Gasteiger partial charge in [-0.15, -0.1) is 0 Å². The zero-order valence-corrected chi connectivity index (χ0v) is 12.3. The van der Waals surface area contributed by atoms with E-state index >= 15 is 0 Å². The molecule has 3 N–H and O–H groups in total. The number of allylic oxidation sites excluding steroid dienone is 1. The maximum Gasteiger partial charge on any atom is 0.309 e. The Morgan fingerprint density at radius 3 is 2.76 bits per heavy atom. The van der Waals surface area contributed by atoms with E-state index in [2.05, 4.69) is 16.7 Å². The van der Waals surface area contributed by atoms with Crippen molar-refractivity contribution in [3.63, 3.8) is 0 Å². The summed E-state index contributed by atoms with van der Waals surface area (Å²) in [6.07, 6.45) is 8.16. The third-order valence-electron chi connectivity index (χ3n) is 3.98. The van der Waals surface area contributed by atoms with Crippen LogP contribution in [-0.4, -0.2) is 48.8 Å². The van der Waals surface area contributed by atoms with Gasteiger partial charge >= 0.3 is 11.8 Å². The van der Waals surface area contributed by atoms with Crippen molar-refractivity contribution in [2.45, 2.75) is 44.1 Å². The molecule has 1 heterocycles. The predicted molar refractivity (Wildman–Crippen MR) is 77.6 cm³/mol. The van der Waals surface area contributed by atoms with Gasteiger partial charge in [0, 0.05) is 26.1 Å². The van der Waals surface area contributed by atoms with Crippen molar-refractivity contribution in [1.82, 2.24) is 10.6 Å². The minimum absolute atomic E-state index is 0.0460. The third-order valence-corrected chi connectivity index (χ3v) is 3.98. The van der Waals surface area contributed by atoms with Crippen LogP contribution in [0.3, 0.4) is 0 Å². The fourth-order valence-corrected chi connectivity index (χ4v) is 2.61. The smallest absolute Gasteiger partial charge is 0.309 e. The van der Waals surface area contributed by atoms with Gasteiger partial charge in [0.25, 0.3) is 0 Å². The number of aliphatic hydroxyl groups is 1. The number of ether oxygens (including phenoxy) is 1.